The predicted octanol–water partition coefficient (Wildman–Crippen LogP) is 9.09. The van der Waals surface area contributed by atoms with Gasteiger partial charge < -0.3 is 19.1 Å². The van der Waals surface area contributed by atoms with Crippen LogP contribution in [0, 0.1) is 18.6 Å². The summed E-state index contributed by atoms with van der Waals surface area (Å²) in [5.41, 5.74) is 4.83. The van der Waals surface area contributed by atoms with Crippen LogP contribution in [0.2, 0.25) is 5.02 Å². The normalized spacial score (nSPS) is 13.1. The van der Waals surface area contributed by atoms with Crippen molar-refractivity contribution in [2.75, 3.05) is 32.8 Å². The molecule has 7 nitrogen and oxygen atoms in total. The number of ether oxygens (including phenoxy) is 3. The van der Waals surface area contributed by atoms with E-state index >= 15 is 0 Å². The Morgan fingerprint density at radius 1 is 0.808 bits per heavy atom. The lowest BCUT2D eigenvalue weighted by Gasteiger charge is -2.34. The molecule has 52 heavy (non-hydrogen) atoms. The number of pyridine rings is 1. The molecule has 1 aromatic heterocycles. The fraction of sp³-hybridized carbons (Fsp3) is 0.220. The van der Waals surface area contributed by atoms with Crippen molar-refractivity contribution in [3.8, 4) is 23.1 Å². The van der Waals surface area contributed by atoms with Gasteiger partial charge in [0, 0.05) is 51.3 Å². The van der Waals surface area contributed by atoms with E-state index < -0.39 is 0 Å². The Labute approximate surface area is 313 Å². The maximum atomic E-state index is 13.1. The van der Waals surface area contributed by atoms with E-state index in [9.17, 15) is 13.6 Å². The number of amides is 1. The highest BCUT2D eigenvalue weighted by atomic mass is 35.5. The highest BCUT2D eigenvalue weighted by Crippen LogP contribution is 2.34. The Morgan fingerprint density at radius 2 is 1.44 bits per heavy atom. The third kappa shape index (κ3) is 11.0. The summed E-state index contributed by atoms with van der Waals surface area (Å²) in [4.78, 5) is 21.6. The molecule has 0 bridgehead atoms. The van der Waals surface area contributed by atoms with E-state index in [4.69, 9.17) is 25.8 Å². The van der Waals surface area contributed by atoms with Crippen molar-refractivity contribution in [1.29, 1.82) is 0 Å². The van der Waals surface area contributed by atoms with Crippen molar-refractivity contribution < 1.29 is 27.8 Å². The van der Waals surface area contributed by atoms with Gasteiger partial charge in [-0.05, 0) is 95.4 Å². The molecule has 0 atom stereocenters. The lowest BCUT2D eigenvalue weighted by molar-refractivity contribution is -0.127. The van der Waals surface area contributed by atoms with Crippen LogP contribution in [0.1, 0.15) is 27.8 Å². The zero-order chi connectivity index (χ0) is 35.6. The number of benzene rings is 4. The highest BCUT2D eigenvalue weighted by Gasteiger charge is 2.20. The van der Waals surface area contributed by atoms with Gasteiger partial charge in [-0.2, -0.15) is 0 Å². The van der Waals surface area contributed by atoms with E-state index in [1.54, 1.807) is 60.8 Å². The lowest BCUT2D eigenvalue weighted by Crippen LogP contribution is -2.47. The van der Waals surface area contributed by atoms with Crippen LogP contribution in [-0.2, 0) is 24.4 Å². The number of aryl methyl sites for hydroxylation is 1. The summed E-state index contributed by atoms with van der Waals surface area (Å²) < 4.78 is 43.6. The summed E-state index contributed by atoms with van der Waals surface area (Å²) in [6.45, 7) is 6.40. The molecule has 1 amide bonds. The molecule has 2 heterocycles. The minimum atomic E-state index is -0.292. The SMILES string of the molecule is Cc1cc(/C=C/C(=O)N2CCN(Cc3ccc(CCOc4ccc(F)cc4)cc3)CC2)cc(Cl)c1Oc1ccc(OCc2ccc(F)cc2)cn1.Cl. The average Bonchev–Trinajstić information content (AvgIpc) is 3.14. The molecule has 1 aliphatic rings. The molecule has 1 fully saturated rings. The van der Waals surface area contributed by atoms with Gasteiger partial charge in [0.15, 0.2) is 5.75 Å². The number of aromatic nitrogens is 1. The van der Waals surface area contributed by atoms with E-state index in [2.05, 4.69) is 34.1 Å². The quantitative estimate of drug-likeness (QED) is 0.112. The van der Waals surface area contributed by atoms with Gasteiger partial charge >= 0.3 is 0 Å². The second kappa shape index (κ2) is 18.5. The molecule has 6 rings (SSSR count). The average molecular weight is 747 g/mol. The number of piperazine rings is 1. The minimum Gasteiger partial charge on any atom is -0.493 e. The molecular weight excluding hydrogens is 707 g/mol. The second-order valence-electron chi connectivity index (χ2n) is 12.3. The zero-order valence-corrected chi connectivity index (χ0v) is 30.2. The number of hydrogen-bond donors (Lipinski definition) is 0. The maximum absolute atomic E-state index is 13.1. The van der Waals surface area contributed by atoms with Crippen molar-refractivity contribution in [3.63, 3.8) is 0 Å². The van der Waals surface area contributed by atoms with E-state index in [-0.39, 0.29) is 36.6 Å². The van der Waals surface area contributed by atoms with Crippen LogP contribution in [0.4, 0.5) is 8.78 Å². The monoisotopic (exact) mass is 745 g/mol. The van der Waals surface area contributed by atoms with Gasteiger partial charge in [0.2, 0.25) is 11.8 Å². The summed E-state index contributed by atoms with van der Waals surface area (Å²) in [6, 6.07) is 27.8. The number of halogens is 4. The van der Waals surface area contributed by atoms with Gasteiger partial charge in [0.25, 0.3) is 0 Å². The van der Waals surface area contributed by atoms with Gasteiger partial charge in [-0.1, -0.05) is 48.0 Å². The number of carbonyl (C=O) groups is 1. The summed E-state index contributed by atoms with van der Waals surface area (Å²) in [7, 11) is 0. The number of carbonyl (C=O) groups excluding carboxylic acids is 1. The summed E-state index contributed by atoms with van der Waals surface area (Å²) in [5.74, 6) is 1.44. The number of rotatable bonds is 13. The number of nitrogens with zero attached hydrogens (tertiary/aromatic N) is 3. The standard InChI is InChI=1S/C41H38ClF2N3O4.ClH/c1-29-24-33(25-38(42)41(29)51-39-16-15-37(26-45-39)50-28-32-6-9-34(43)10-7-32)8-17-40(48)47-21-19-46(20-22-47)27-31-4-2-30(3-5-31)18-23-49-36-13-11-35(44)12-14-36;/h2-17,24-26H,18-23,27-28H2,1H3;1H/b17-8+;. The number of hydrogen-bond acceptors (Lipinski definition) is 6. The van der Waals surface area contributed by atoms with E-state index in [1.165, 1.54) is 35.4 Å². The van der Waals surface area contributed by atoms with Crippen molar-refractivity contribution in [1.82, 2.24) is 14.8 Å². The molecule has 0 unspecified atom stereocenters. The van der Waals surface area contributed by atoms with Gasteiger partial charge in [-0.3, -0.25) is 9.69 Å². The largest absolute Gasteiger partial charge is 0.493 e. The molecule has 0 saturated carbocycles. The molecule has 1 saturated heterocycles. The highest BCUT2D eigenvalue weighted by molar-refractivity contribution is 6.32. The van der Waals surface area contributed by atoms with Crippen LogP contribution >= 0.6 is 24.0 Å². The molecule has 11 heteroatoms. The summed E-state index contributed by atoms with van der Waals surface area (Å²) >= 11 is 6.59. The van der Waals surface area contributed by atoms with E-state index in [1.807, 2.05) is 17.9 Å². The molecule has 270 valence electrons. The fourth-order valence-corrected chi connectivity index (χ4v) is 5.95. The summed E-state index contributed by atoms with van der Waals surface area (Å²) in [6.07, 6.45) is 5.68. The van der Waals surface area contributed by atoms with E-state index in [0.29, 0.717) is 47.8 Å². The lowest BCUT2D eigenvalue weighted by atomic mass is 10.1. The van der Waals surface area contributed by atoms with Crippen LogP contribution in [0.5, 0.6) is 23.1 Å². The van der Waals surface area contributed by atoms with Crippen LogP contribution in [-0.4, -0.2) is 53.5 Å². The van der Waals surface area contributed by atoms with Gasteiger partial charge in [0.05, 0.1) is 17.8 Å². The minimum absolute atomic E-state index is 0. The first kappa shape index (κ1) is 38.3. The Balaban J connectivity index is 0.00000523. The Bertz CT molecular complexity index is 1910. The molecular formula is C41H39Cl2F2N3O4. The Morgan fingerprint density at radius 3 is 2.10 bits per heavy atom. The molecule has 4 aromatic carbocycles. The zero-order valence-electron chi connectivity index (χ0n) is 28.6. The molecule has 0 aliphatic carbocycles. The fourth-order valence-electron chi connectivity index (χ4n) is 5.63. The Hall–Kier alpha value is -4.96. The first-order valence-corrected chi connectivity index (χ1v) is 17.1. The predicted molar refractivity (Wildman–Crippen MR) is 201 cm³/mol. The second-order valence-corrected chi connectivity index (χ2v) is 12.7. The smallest absolute Gasteiger partial charge is 0.246 e. The third-order valence-electron chi connectivity index (χ3n) is 8.49. The Kier molecular flexibility index (Phi) is 13.6. The van der Waals surface area contributed by atoms with Crippen molar-refractivity contribution >= 4 is 36.0 Å². The van der Waals surface area contributed by atoms with Crippen LogP contribution < -0.4 is 14.2 Å². The molecule has 0 spiro atoms. The first-order chi connectivity index (χ1) is 24.8. The van der Waals surface area contributed by atoms with E-state index in [0.717, 1.165) is 42.7 Å². The van der Waals surface area contributed by atoms with Crippen LogP contribution in [0.3, 0.4) is 0 Å². The topological polar surface area (TPSA) is 64.1 Å². The van der Waals surface area contributed by atoms with Crippen LogP contribution in [0.15, 0.2) is 109 Å². The van der Waals surface area contributed by atoms with Gasteiger partial charge in [0.1, 0.15) is 29.7 Å². The van der Waals surface area contributed by atoms with Crippen molar-refractivity contribution in [2.24, 2.45) is 0 Å². The molecule has 0 N–H and O–H groups in total. The maximum Gasteiger partial charge on any atom is 0.246 e. The van der Waals surface area contributed by atoms with Crippen LogP contribution in [0.25, 0.3) is 6.08 Å². The molecule has 0 radical (unpaired) electrons. The van der Waals surface area contributed by atoms with Crippen molar-refractivity contribution in [2.45, 2.75) is 26.5 Å². The van der Waals surface area contributed by atoms with Crippen molar-refractivity contribution in [3.05, 3.63) is 154 Å². The molecule has 5 aromatic rings. The molecule has 1 aliphatic heterocycles. The van der Waals surface area contributed by atoms with Gasteiger partial charge in [-0.15, -0.1) is 12.4 Å². The first-order valence-electron chi connectivity index (χ1n) is 16.7. The van der Waals surface area contributed by atoms with Gasteiger partial charge in [-0.25, -0.2) is 13.8 Å². The third-order valence-corrected chi connectivity index (χ3v) is 8.77. The summed E-state index contributed by atoms with van der Waals surface area (Å²) in [5, 5.41) is 0.403.